The number of aliphatic hydroxyl groups is 1. The molecule has 0 radical (unpaired) electrons. The maximum atomic E-state index is 9.06. The molecule has 1 aromatic heterocycles. The second-order valence-corrected chi connectivity index (χ2v) is 5.09. The lowest BCUT2D eigenvalue weighted by molar-refractivity contribution is 0.254. The van der Waals surface area contributed by atoms with Crippen molar-refractivity contribution in [2.75, 3.05) is 6.61 Å². The van der Waals surface area contributed by atoms with Gasteiger partial charge in [0.1, 0.15) is 11.3 Å². The standard InChI is InChI=1S/C15H19NO2/c17-8-7-14(11-5-6-11)16-10-13-9-12-3-1-2-4-15(12)18-13/h1-4,9,11,14,16-17H,5-8,10H2. The van der Waals surface area contributed by atoms with E-state index in [9.17, 15) is 0 Å². The van der Waals surface area contributed by atoms with Crippen LogP contribution in [0.2, 0.25) is 0 Å². The molecule has 0 bridgehead atoms. The Morgan fingerprint density at radius 2 is 2.17 bits per heavy atom. The fraction of sp³-hybridized carbons (Fsp3) is 0.467. The van der Waals surface area contributed by atoms with Crippen molar-refractivity contribution in [2.45, 2.75) is 31.8 Å². The zero-order chi connectivity index (χ0) is 12.4. The number of hydrogen-bond donors (Lipinski definition) is 2. The maximum absolute atomic E-state index is 9.06. The van der Waals surface area contributed by atoms with Crippen molar-refractivity contribution in [3.63, 3.8) is 0 Å². The number of benzene rings is 1. The number of nitrogens with one attached hydrogen (secondary N) is 1. The van der Waals surface area contributed by atoms with E-state index in [1.165, 1.54) is 12.8 Å². The van der Waals surface area contributed by atoms with Crippen molar-refractivity contribution < 1.29 is 9.52 Å². The summed E-state index contributed by atoms with van der Waals surface area (Å²) in [6.45, 7) is 1.00. The average molecular weight is 245 g/mol. The molecule has 1 fully saturated rings. The van der Waals surface area contributed by atoms with Crippen molar-refractivity contribution in [1.82, 2.24) is 5.32 Å². The molecule has 18 heavy (non-hydrogen) atoms. The van der Waals surface area contributed by atoms with Gasteiger partial charge in [0.05, 0.1) is 6.54 Å². The van der Waals surface area contributed by atoms with Crippen LogP contribution >= 0.6 is 0 Å². The Kier molecular flexibility index (Phi) is 3.35. The van der Waals surface area contributed by atoms with Crippen LogP contribution in [-0.2, 0) is 6.54 Å². The topological polar surface area (TPSA) is 45.4 Å². The zero-order valence-electron chi connectivity index (χ0n) is 10.4. The lowest BCUT2D eigenvalue weighted by Gasteiger charge is -2.15. The van der Waals surface area contributed by atoms with Crippen molar-refractivity contribution in [2.24, 2.45) is 5.92 Å². The summed E-state index contributed by atoms with van der Waals surface area (Å²) in [5.41, 5.74) is 0.944. The highest BCUT2D eigenvalue weighted by Gasteiger charge is 2.30. The second kappa shape index (κ2) is 5.12. The summed E-state index contributed by atoms with van der Waals surface area (Å²) >= 11 is 0. The molecule has 0 saturated heterocycles. The van der Waals surface area contributed by atoms with Crippen LogP contribution in [0.5, 0.6) is 0 Å². The molecule has 1 aromatic carbocycles. The van der Waals surface area contributed by atoms with Gasteiger partial charge in [-0.25, -0.2) is 0 Å². The van der Waals surface area contributed by atoms with E-state index in [1.54, 1.807) is 0 Å². The van der Waals surface area contributed by atoms with E-state index in [2.05, 4.69) is 17.4 Å². The van der Waals surface area contributed by atoms with E-state index >= 15 is 0 Å². The van der Waals surface area contributed by atoms with Crippen molar-refractivity contribution in [3.8, 4) is 0 Å². The average Bonchev–Trinajstić information content (AvgIpc) is 3.13. The van der Waals surface area contributed by atoms with E-state index < -0.39 is 0 Å². The molecular weight excluding hydrogens is 226 g/mol. The van der Waals surface area contributed by atoms with Crippen molar-refractivity contribution in [3.05, 3.63) is 36.1 Å². The zero-order valence-corrected chi connectivity index (χ0v) is 10.4. The number of furan rings is 1. The number of para-hydroxylation sites is 1. The van der Waals surface area contributed by atoms with Gasteiger partial charge in [-0.1, -0.05) is 18.2 Å². The smallest absolute Gasteiger partial charge is 0.134 e. The molecule has 1 heterocycles. The van der Waals surface area contributed by atoms with E-state index in [4.69, 9.17) is 9.52 Å². The molecule has 1 aliphatic carbocycles. The molecule has 1 atom stereocenters. The van der Waals surface area contributed by atoms with Gasteiger partial charge in [0, 0.05) is 18.0 Å². The summed E-state index contributed by atoms with van der Waals surface area (Å²) in [5, 5.41) is 13.7. The van der Waals surface area contributed by atoms with Crippen molar-refractivity contribution >= 4 is 11.0 Å². The summed E-state index contributed by atoms with van der Waals surface area (Å²) < 4.78 is 5.77. The Morgan fingerprint density at radius 1 is 1.33 bits per heavy atom. The summed E-state index contributed by atoms with van der Waals surface area (Å²) in [6, 6.07) is 10.6. The number of rotatable bonds is 6. The van der Waals surface area contributed by atoms with Crippen LogP contribution in [0.15, 0.2) is 34.7 Å². The van der Waals surface area contributed by atoms with Crippen LogP contribution < -0.4 is 5.32 Å². The van der Waals surface area contributed by atoms with Gasteiger partial charge >= 0.3 is 0 Å². The molecule has 1 unspecified atom stereocenters. The lowest BCUT2D eigenvalue weighted by Crippen LogP contribution is -2.31. The highest BCUT2D eigenvalue weighted by atomic mass is 16.3. The van der Waals surface area contributed by atoms with Crippen LogP contribution in [0.3, 0.4) is 0 Å². The molecule has 0 aliphatic heterocycles. The van der Waals surface area contributed by atoms with E-state index in [-0.39, 0.29) is 6.61 Å². The number of hydrogen-bond acceptors (Lipinski definition) is 3. The molecule has 96 valence electrons. The molecule has 0 spiro atoms. The van der Waals surface area contributed by atoms with Gasteiger partial charge in [0.25, 0.3) is 0 Å². The van der Waals surface area contributed by atoms with E-state index in [1.807, 2.05) is 18.2 Å². The third kappa shape index (κ3) is 2.57. The first kappa shape index (κ1) is 11.8. The fourth-order valence-corrected chi connectivity index (χ4v) is 2.50. The van der Waals surface area contributed by atoms with Gasteiger partial charge in [-0.15, -0.1) is 0 Å². The van der Waals surface area contributed by atoms with Gasteiger partial charge < -0.3 is 14.8 Å². The molecule has 0 amide bonds. The minimum absolute atomic E-state index is 0.258. The highest BCUT2D eigenvalue weighted by molar-refractivity contribution is 5.77. The molecule has 1 saturated carbocycles. The largest absolute Gasteiger partial charge is 0.460 e. The lowest BCUT2D eigenvalue weighted by atomic mass is 10.1. The minimum Gasteiger partial charge on any atom is -0.460 e. The fourth-order valence-electron chi connectivity index (χ4n) is 2.50. The molecule has 1 aliphatic rings. The summed E-state index contributed by atoms with van der Waals surface area (Å²) in [5.74, 6) is 1.72. The third-order valence-corrected chi connectivity index (χ3v) is 3.65. The maximum Gasteiger partial charge on any atom is 0.134 e. The Morgan fingerprint density at radius 3 is 2.89 bits per heavy atom. The van der Waals surface area contributed by atoms with Gasteiger partial charge in [0.2, 0.25) is 0 Å². The number of fused-ring (bicyclic) bond motifs is 1. The third-order valence-electron chi connectivity index (χ3n) is 3.65. The van der Waals surface area contributed by atoms with Gasteiger partial charge in [0.15, 0.2) is 0 Å². The first-order chi connectivity index (χ1) is 8.86. The van der Waals surface area contributed by atoms with Crippen LogP contribution in [0.4, 0.5) is 0 Å². The quantitative estimate of drug-likeness (QED) is 0.822. The summed E-state index contributed by atoms with van der Waals surface area (Å²) in [6.07, 6.45) is 3.42. The number of aliphatic hydroxyl groups excluding tert-OH is 1. The summed E-state index contributed by atoms with van der Waals surface area (Å²) in [4.78, 5) is 0. The molecule has 2 N–H and O–H groups in total. The normalized spacial score (nSPS) is 17.2. The monoisotopic (exact) mass is 245 g/mol. The van der Waals surface area contributed by atoms with E-state index in [0.29, 0.717) is 6.04 Å². The first-order valence-corrected chi connectivity index (χ1v) is 6.68. The molecular formula is C15H19NO2. The van der Waals surface area contributed by atoms with Crippen LogP contribution in [0.1, 0.15) is 25.0 Å². The summed E-state index contributed by atoms with van der Waals surface area (Å²) in [7, 11) is 0. The van der Waals surface area contributed by atoms with Crippen LogP contribution in [0, 0.1) is 5.92 Å². The first-order valence-electron chi connectivity index (χ1n) is 6.68. The molecule has 2 aromatic rings. The Hall–Kier alpha value is -1.32. The van der Waals surface area contributed by atoms with Gasteiger partial charge in [-0.05, 0) is 37.3 Å². The predicted molar refractivity (Wildman–Crippen MR) is 71.3 cm³/mol. The van der Waals surface area contributed by atoms with Crippen LogP contribution in [0.25, 0.3) is 11.0 Å². The Labute approximate surface area is 107 Å². The highest BCUT2D eigenvalue weighted by Crippen LogP contribution is 2.34. The van der Waals surface area contributed by atoms with E-state index in [0.717, 1.165) is 35.6 Å². The van der Waals surface area contributed by atoms with Crippen molar-refractivity contribution in [1.29, 1.82) is 0 Å². The SMILES string of the molecule is OCCC(NCc1cc2ccccc2o1)C1CC1. The Bertz CT molecular complexity index is 483. The predicted octanol–water partition coefficient (Wildman–Crippen LogP) is 2.68. The Balaban J connectivity index is 1.64. The van der Waals surface area contributed by atoms with Gasteiger partial charge in [-0.2, -0.15) is 0 Å². The minimum atomic E-state index is 0.258. The molecule has 3 rings (SSSR count). The van der Waals surface area contributed by atoms with Crippen LogP contribution in [-0.4, -0.2) is 17.8 Å². The second-order valence-electron chi connectivity index (χ2n) is 5.09. The molecule has 3 nitrogen and oxygen atoms in total. The van der Waals surface area contributed by atoms with Gasteiger partial charge in [-0.3, -0.25) is 0 Å². The molecule has 3 heteroatoms.